The number of carbonyl (C=O) groups excluding carboxylic acids is 1. The molecule has 0 aromatic heterocycles. The second kappa shape index (κ2) is 6.21. The van der Waals surface area contributed by atoms with Crippen molar-refractivity contribution in [3.63, 3.8) is 0 Å². The van der Waals surface area contributed by atoms with Gasteiger partial charge >= 0.3 is 5.97 Å². The average molecular weight is 314 g/mol. The van der Waals surface area contributed by atoms with Crippen LogP contribution in [0.2, 0.25) is 5.02 Å². The van der Waals surface area contributed by atoms with Crippen molar-refractivity contribution in [3.8, 4) is 17.2 Å². The van der Waals surface area contributed by atoms with E-state index in [1.54, 1.807) is 30.3 Å². The zero-order chi connectivity index (χ0) is 16.3. The third-order valence-electron chi connectivity index (χ3n) is 2.93. The van der Waals surface area contributed by atoms with Gasteiger partial charge in [-0.05, 0) is 50.6 Å². The van der Waals surface area contributed by atoms with E-state index < -0.39 is 5.60 Å². The molecule has 0 atom stereocenters. The first-order valence-electron chi connectivity index (χ1n) is 6.83. The Labute approximate surface area is 135 Å². The highest BCUT2D eigenvalue weighted by Gasteiger charge is 2.17. The Morgan fingerprint density at radius 1 is 1.14 bits per heavy atom. The van der Waals surface area contributed by atoms with Gasteiger partial charge in [0.05, 0.1) is 17.2 Å². The maximum atomic E-state index is 12.0. The molecule has 0 N–H and O–H groups in total. The van der Waals surface area contributed by atoms with Gasteiger partial charge in [-0.15, -0.1) is 0 Å². The summed E-state index contributed by atoms with van der Waals surface area (Å²) in [5.74, 6) is -0.357. The van der Waals surface area contributed by atoms with Crippen molar-refractivity contribution in [2.45, 2.75) is 26.4 Å². The van der Waals surface area contributed by atoms with Gasteiger partial charge in [0.1, 0.15) is 5.60 Å². The Balaban J connectivity index is 2.26. The lowest BCUT2D eigenvalue weighted by atomic mass is 10.0. The molecule has 2 aromatic rings. The SMILES string of the molecule is CC(C)(C)OC(=O)c1ccc(-c2ccc(C#N)cc2Cl)cc1. The molecule has 3 nitrogen and oxygen atoms in total. The van der Waals surface area contributed by atoms with Gasteiger partial charge in [-0.1, -0.05) is 29.8 Å². The topological polar surface area (TPSA) is 50.1 Å². The van der Waals surface area contributed by atoms with E-state index in [9.17, 15) is 4.79 Å². The van der Waals surface area contributed by atoms with Crippen molar-refractivity contribution in [1.29, 1.82) is 5.26 Å². The fraction of sp³-hybridized carbons (Fsp3) is 0.222. The molecule has 112 valence electrons. The zero-order valence-electron chi connectivity index (χ0n) is 12.7. The number of hydrogen-bond donors (Lipinski definition) is 0. The van der Waals surface area contributed by atoms with Gasteiger partial charge in [0.15, 0.2) is 0 Å². The van der Waals surface area contributed by atoms with Gasteiger partial charge in [-0.3, -0.25) is 0 Å². The van der Waals surface area contributed by atoms with Crippen LogP contribution < -0.4 is 0 Å². The van der Waals surface area contributed by atoms with Crippen LogP contribution in [-0.4, -0.2) is 11.6 Å². The number of nitrogens with zero attached hydrogens (tertiary/aromatic N) is 1. The summed E-state index contributed by atoms with van der Waals surface area (Å²) < 4.78 is 5.32. The van der Waals surface area contributed by atoms with E-state index in [1.807, 2.05) is 39.0 Å². The van der Waals surface area contributed by atoms with Crippen molar-refractivity contribution in [2.24, 2.45) is 0 Å². The Morgan fingerprint density at radius 3 is 2.27 bits per heavy atom. The lowest BCUT2D eigenvalue weighted by Gasteiger charge is -2.19. The van der Waals surface area contributed by atoms with Gasteiger partial charge in [0.25, 0.3) is 0 Å². The molecule has 0 amide bonds. The first kappa shape index (κ1) is 16.1. The van der Waals surface area contributed by atoms with Crippen molar-refractivity contribution in [3.05, 3.63) is 58.6 Å². The Morgan fingerprint density at radius 2 is 1.77 bits per heavy atom. The Kier molecular flexibility index (Phi) is 4.54. The van der Waals surface area contributed by atoms with Crippen LogP contribution in [0.15, 0.2) is 42.5 Å². The van der Waals surface area contributed by atoms with Gasteiger partial charge in [-0.25, -0.2) is 4.79 Å². The second-order valence-electron chi connectivity index (χ2n) is 5.89. The molecule has 22 heavy (non-hydrogen) atoms. The number of halogens is 1. The Hall–Kier alpha value is -2.31. The van der Waals surface area contributed by atoms with E-state index in [0.29, 0.717) is 16.1 Å². The van der Waals surface area contributed by atoms with E-state index in [2.05, 4.69) is 0 Å². The summed E-state index contributed by atoms with van der Waals surface area (Å²) in [5.41, 5.74) is 2.17. The summed E-state index contributed by atoms with van der Waals surface area (Å²) in [6.45, 7) is 5.49. The highest BCUT2D eigenvalue weighted by molar-refractivity contribution is 6.33. The van der Waals surface area contributed by atoms with E-state index in [1.165, 1.54) is 0 Å². The second-order valence-corrected chi connectivity index (χ2v) is 6.29. The summed E-state index contributed by atoms with van der Waals surface area (Å²) in [6.07, 6.45) is 0. The van der Waals surface area contributed by atoms with Gasteiger partial charge in [0.2, 0.25) is 0 Å². The lowest BCUT2D eigenvalue weighted by Crippen LogP contribution is -2.23. The molecule has 0 fully saturated rings. The third kappa shape index (κ3) is 3.87. The molecule has 4 heteroatoms. The first-order chi connectivity index (χ1) is 10.3. The number of esters is 1. The van der Waals surface area contributed by atoms with Crippen molar-refractivity contribution in [2.75, 3.05) is 0 Å². The fourth-order valence-corrected chi connectivity index (χ4v) is 2.23. The number of benzene rings is 2. The highest BCUT2D eigenvalue weighted by atomic mass is 35.5. The lowest BCUT2D eigenvalue weighted by molar-refractivity contribution is 0.00696. The number of carbonyl (C=O) groups is 1. The van der Waals surface area contributed by atoms with Crippen LogP contribution in [0.1, 0.15) is 36.7 Å². The van der Waals surface area contributed by atoms with Crippen LogP contribution in [0.25, 0.3) is 11.1 Å². The molecule has 0 aliphatic rings. The van der Waals surface area contributed by atoms with Crippen LogP contribution in [0.5, 0.6) is 0 Å². The predicted octanol–water partition coefficient (Wildman–Crippen LogP) is 4.83. The Bertz CT molecular complexity index is 737. The van der Waals surface area contributed by atoms with Crippen LogP contribution in [0.3, 0.4) is 0 Å². The minimum absolute atomic E-state index is 0.357. The van der Waals surface area contributed by atoms with Crippen LogP contribution in [0, 0.1) is 11.3 Å². The van der Waals surface area contributed by atoms with Crippen LogP contribution in [-0.2, 0) is 4.74 Å². The highest BCUT2D eigenvalue weighted by Crippen LogP contribution is 2.29. The van der Waals surface area contributed by atoms with Crippen molar-refractivity contribution < 1.29 is 9.53 Å². The average Bonchev–Trinajstić information content (AvgIpc) is 2.45. The van der Waals surface area contributed by atoms with E-state index in [4.69, 9.17) is 21.6 Å². The molecular formula is C18H16ClNO2. The molecule has 2 rings (SSSR count). The normalized spacial score (nSPS) is 10.9. The minimum atomic E-state index is -0.522. The molecule has 0 radical (unpaired) electrons. The molecule has 0 aliphatic heterocycles. The van der Waals surface area contributed by atoms with Gasteiger partial charge in [0, 0.05) is 10.6 Å². The third-order valence-corrected chi connectivity index (χ3v) is 3.24. The van der Waals surface area contributed by atoms with E-state index >= 15 is 0 Å². The number of rotatable bonds is 2. The molecule has 0 aliphatic carbocycles. The molecule has 0 spiro atoms. The van der Waals surface area contributed by atoms with E-state index in [-0.39, 0.29) is 5.97 Å². The minimum Gasteiger partial charge on any atom is -0.456 e. The van der Waals surface area contributed by atoms with E-state index in [0.717, 1.165) is 11.1 Å². The monoisotopic (exact) mass is 313 g/mol. The molecule has 0 saturated carbocycles. The summed E-state index contributed by atoms with van der Waals surface area (Å²) in [5, 5.41) is 9.36. The molecular weight excluding hydrogens is 298 g/mol. The fourth-order valence-electron chi connectivity index (χ4n) is 1.94. The van der Waals surface area contributed by atoms with Crippen molar-refractivity contribution >= 4 is 17.6 Å². The smallest absolute Gasteiger partial charge is 0.338 e. The quantitative estimate of drug-likeness (QED) is 0.746. The van der Waals surface area contributed by atoms with Gasteiger partial charge in [-0.2, -0.15) is 5.26 Å². The maximum absolute atomic E-state index is 12.0. The largest absolute Gasteiger partial charge is 0.456 e. The molecule has 0 bridgehead atoms. The molecule has 0 saturated heterocycles. The predicted molar refractivity (Wildman–Crippen MR) is 86.8 cm³/mol. The number of hydrogen-bond acceptors (Lipinski definition) is 3. The summed E-state index contributed by atoms with van der Waals surface area (Å²) >= 11 is 6.19. The molecule has 2 aromatic carbocycles. The number of nitriles is 1. The van der Waals surface area contributed by atoms with Gasteiger partial charge < -0.3 is 4.74 Å². The number of ether oxygens (including phenoxy) is 1. The summed E-state index contributed by atoms with van der Waals surface area (Å²) in [7, 11) is 0. The first-order valence-corrected chi connectivity index (χ1v) is 7.21. The van der Waals surface area contributed by atoms with Crippen molar-refractivity contribution in [1.82, 2.24) is 0 Å². The molecule has 0 unspecified atom stereocenters. The summed E-state index contributed by atoms with van der Waals surface area (Å²) in [6, 6.07) is 14.2. The summed E-state index contributed by atoms with van der Waals surface area (Å²) in [4.78, 5) is 12.0. The maximum Gasteiger partial charge on any atom is 0.338 e. The van der Waals surface area contributed by atoms with Crippen LogP contribution in [0.4, 0.5) is 0 Å². The standard InChI is InChI=1S/C18H16ClNO2/c1-18(2,3)22-17(21)14-7-5-13(6-8-14)15-9-4-12(11-20)10-16(15)19/h4-10H,1-3H3. The van der Waals surface area contributed by atoms with Crippen LogP contribution >= 0.6 is 11.6 Å². The zero-order valence-corrected chi connectivity index (χ0v) is 13.4. The molecule has 0 heterocycles.